The molecule has 1 heterocycles. The minimum Gasteiger partial charge on any atom is -0.506 e. The van der Waals surface area contributed by atoms with Gasteiger partial charge in [0.25, 0.3) is 5.56 Å². The smallest absolute Gasteiger partial charge is 0.345 e. The molecular formula is C22H26ClNO5. The molecule has 1 aromatic heterocycles. The Labute approximate surface area is 174 Å². The van der Waals surface area contributed by atoms with Gasteiger partial charge in [-0.15, -0.1) is 0 Å². The predicted octanol–water partition coefficient (Wildman–Crippen LogP) is 4.75. The molecule has 0 saturated heterocycles. The van der Waals surface area contributed by atoms with Crippen molar-refractivity contribution in [3.05, 3.63) is 44.2 Å². The number of halogens is 1. The molecule has 29 heavy (non-hydrogen) atoms. The Kier molecular flexibility index (Phi) is 5.68. The number of aromatic carboxylic acids is 1. The number of nitrogens with one attached hydrogen (secondary N) is 1. The summed E-state index contributed by atoms with van der Waals surface area (Å²) in [6.45, 7) is 8.63. The third-order valence-corrected chi connectivity index (χ3v) is 6.28. The summed E-state index contributed by atoms with van der Waals surface area (Å²) in [5.41, 5.74) is 0.398. The number of hydrogen-bond acceptors (Lipinski definition) is 4. The van der Waals surface area contributed by atoms with Crippen LogP contribution in [0.25, 0.3) is 11.3 Å². The van der Waals surface area contributed by atoms with Gasteiger partial charge in [0.1, 0.15) is 11.5 Å². The molecule has 0 amide bonds. The Morgan fingerprint density at radius 2 is 2.07 bits per heavy atom. The topological polar surface area (TPSA) is 99.6 Å². The fourth-order valence-electron chi connectivity index (χ4n) is 3.93. The first-order valence-corrected chi connectivity index (χ1v) is 10.2. The van der Waals surface area contributed by atoms with Crippen LogP contribution in [0.4, 0.5) is 0 Å². The number of carboxylic acids is 1. The van der Waals surface area contributed by atoms with Crippen LogP contribution in [0.2, 0.25) is 5.02 Å². The van der Waals surface area contributed by atoms with Crippen molar-refractivity contribution in [3.8, 4) is 22.8 Å². The molecule has 0 aliphatic heterocycles. The van der Waals surface area contributed by atoms with Crippen LogP contribution in [-0.4, -0.2) is 27.8 Å². The standard InChI is InChI=1S/C22H26ClNO5/c1-5-6-7-29-15-8-12-10-22(4,11(2)3)17-18(13(12)9-14(15)23)24-20(26)16(19(17)25)21(27)28/h8-9,11H,5-7,10H2,1-4H3,(H,27,28)(H2,24,25,26). The minimum absolute atomic E-state index is 0.0629. The number of aromatic amines is 1. The van der Waals surface area contributed by atoms with Gasteiger partial charge in [0.05, 0.1) is 17.3 Å². The second-order valence-electron chi connectivity index (χ2n) is 8.12. The number of benzene rings is 1. The maximum absolute atomic E-state index is 12.4. The number of aromatic nitrogens is 1. The number of carbonyl (C=O) groups is 1. The van der Waals surface area contributed by atoms with Crippen molar-refractivity contribution in [2.45, 2.75) is 52.4 Å². The molecule has 3 N–H and O–H groups in total. The summed E-state index contributed by atoms with van der Waals surface area (Å²) in [6, 6.07) is 3.60. The van der Waals surface area contributed by atoms with E-state index in [0.29, 0.717) is 40.6 Å². The van der Waals surface area contributed by atoms with Gasteiger partial charge in [0.15, 0.2) is 5.56 Å². The Bertz CT molecular complexity index is 1030. The van der Waals surface area contributed by atoms with Gasteiger partial charge in [-0.25, -0.2) is 4.79 Å². The van der Waals surface area contributed by atoms with Crippen molar-refractivity contribution in [3.63, 3.8) is 0 Å². The van der Waals surface area contributed by atoms with E-state index in [2.05, 4.69) is 11.9 Å². The average Bonchev–Trinajstić information content (AvgIpc) is 2.62. The highest BCUT2D eigenvalue weighted by Crippen LogP contribution is 2.51. The first kappa shape index (κ1) is 21.2. The molecule has 3 rings (SSSR count). The van der Waals surface area contributed by atoms with Gasteiger partial charge >= 0.3 is 5.97 Å². The zero-order valence-corrected chi connectivity index (χ0v) is 17.8. The average molecular weight is 420 g/mol. The van der Waals surface area contributed by atoms with Crippen molar-refractivity contribution in [2.75, 3.05) is 6.61 Å². The number of fused-ring (bicyclic) bond motifs is 3. The van der Waals surface area contributed by atoms with Crippen LogP contribution in [-0.2, 0) is 11.8 Å². The van der Waals surface area contributed by atoms with E-state index in [1.165, 1.54) is 0 Å². The molecule has 0 fully saturated rings. The monoisotopic (exact) mass is 419 g/mol. The van der Waals surface area contributed by atoms with E-state index in [1.54, 1.807) is 6.07 Å². The van der Waals surface area contributed by atoms with Gasteiger partial charge in [-0.05, 0) is 36.5 Å². The first-order valence-electron chi connectivity index (χ1n) is 9.80. The quantitative estimate of drug-likeness (QED) is 0.587. The van der Waals surface area contributed by atoms with Crippen molar-refractivity contribution in [2.24, 2.45) is 5.92 Å². The zero-order valence-electron chi connectivity index (χ0n) is 17.1. The molecule has 1 aromatic carbocycles. The van der Waals surface area contributed by atoms with Crippen molar-refractivity contribution in [1.82, 2.24) is 4.98 Å². The molecule has 1 atom stereocenters. The summed E-state index contributed by atoms with van der Waals surface area (Å²) in [4.78, 5) is 26.7. The molecule has 0 radical (unpaired) electrons. The molecule has 1 unspecified atom stereocenters. The summed E-state index contributed by atoms with van der Waals surface area (Å²) in [6.07, 6.45) is 2.47. The van der Waals surface area contributed by atoms with Crippen molar-refractivity contribution < 1.29 is 19.7 Å². The van der Waals surface area contributed by atoms with Gasteiger partial charge in [-0.1, -0.05) is 45.7 Å². The molecule has 0 bridgehead atoms. The number of hydrogen-bond donors (Lipinski definition) is 3. The van der Waals surface area contributed by atoms with Gasteiger partial charge in [-0.2, -0.15) is 0 Å². The highest BCUT2D eigenvalue weighted by atomic mass is 35.5. The van der Waals surface area contributed by atoms with E-state index in [1.807, 2.05) is 26.8 Å². The molecular weight excluding hydrogens is 394 g/mol. The molecule has 156 valence electrons. The number of H-pyrrole nitrogens is 1. The molecule has 6 nitrogen and oxygen atoms in total. The summed E-state index contributed by atoms with van der Waals surface area (Å²) < 4.78 is 5.83. The minimum atomic E-state index is -1.46. The Balaban J connectivity index is 2.28. The third-order valence-electron chi connectivity index (χ3n) is 5.99. The molecule has 1 aliphatic rings. The SMILES string of the molecule is CCCCOc1cc2c(cc1Cl)-c1[nH]c(=O)c(C(=O)O)c(O)c1C(C)(C(C)C)C2. The van der Waals surface area contributed by atoms with Gasteiger partial charge < -0.3 is 19.9 Å². The van der Waals surface area contributed by atoms with E-state index in [4.69, 9.17) is 16.3 Å². The third kappa shape index (κ3) is 3.50. The van der Waals surface area contributed by atoms with E-state index in [-0.39, 0.29) is 5.92 Å². The van der Waals surface area contributed by atoms with Crippen molar-refractivity contribution in [1.29, 1.82) is 0 Å². The summed E-state index contributed by atoms with van der Waals surface area (Å²) in [5.74, 6) is -1.28. The number of pyridine rings is 1. The summed E-state index contributed by atoms with van der Waals surface area (Å²) in [5, 5.41) is 20.6. The van der Waals surface area contributed by atoms with Gasteiger partial charge in [0.2, 0.25) is 0 Å². The van der Waals surface area contributed by atoms with Gasteiger partial charge in [0, 0.05) is 16.5 Å². The maximum Gasteiger partial charge on any atom is 0.345 e. The highest BCUT2D eigenvalue weighted by molar-refractivity contribution is 6.32. The summed E-state index contributed by atoms with van der Waals surface area (Å²) in [7, 11) is 0. The maximum atomic E-state index is 12.4. The second kappa shape index (κ2) is 7.75. The number of rotatable bonds is 6. The summed E-state index contributed by atoms with van der Waals surface area (Å²) >= 11 is 6.43. The lowest BCUT2D eigenvalue weighted by atomic mass is 9.64. The molecule has 0 spiro atoms. The Morgan fingerprint density at radius 3 is 2.66 bits per heavy atom. The van der Waals surface area contributed by atoms with E-state index < -0.39 is 28.3 Å². The number of carboxylic acid groups (broad SMARTS) is 1. The number of aromatic hydroxyl groups is 1. The predicted molar refractivity (Wildman–Crippen MR) is 112 cm³/mol. The Hall–Kier alpha value is -2.47. The first-order chi connectivity index (χ1) is 13.6. The van der Waals surface area contributed by atoms with Crippen LogP contribution >= 0.6 is 11.6 Å². The second-order valence-corrected chi connectivity index (χ2v) is 8.53. The van der Waals surface area contributed by atoms with Crippen LogP contribution < -0.4 is 10.3 Å². The number of unbranched alkanes of at least 4 members (excludes halogenated alkanes) is 1. The number of ether oxygens (including phenoxy) is 1. The van der Waals surface area contributed by atoms with Crippen molar-refractivity contribution >= 4 is 17.6 Å². The van der Waals surface area contributed by atoms with Gasteiger partial charge in [-0.3, -0.25) is 4.79 Å². The lowest BCUT2D eigenvalue weighted by Crippen LogP contribution is -2.37. The van der Waals surface area contributed by atoms with Crippen LogP contribution in [0, 0.1) is 5.92 Å². The molecule has 1 aliphatic carbocycles. The lowest BCUT2D eigenvalue weighted by Gasteiger charge is -2.40. The van der Waals surface area contributed by atoms with Crippen LogP contribution in [0.3, 0.4) is 0 Å². The van der Waals surface area contributed by atoms with E-state index in [9.17, 15) is 19.8 Å². The van der Waals surface area contributed by atoms with E-state index in [0.717, 1.165) is 18.4 Å². The fraction of sp³-hybridized carbons (Fsp3) is 0.455. The molecule has 0 saturated carbocycles. The zero-order chi connectivity index (χ0) is 21.5. The van der Waals surface area contributed by atoms with Crippen LogP contribution in [0.5, 0.6) is 11.5 Å². The van der Waals surface area contributed by atoms with Crippen LogP contribution in [0.15, 0.2) is 16.9 Å². The normalized spacial score (nSPS) is 17.7. The fourth-order valence-corrected chi connectivity index (χ4v) is 4.15. The van der Waals surface area contributed by atoms with E-state index >= 15 is 0 Å². The molecule has 2 aromatic rings. The largest absolute Gasteiger partial charge is 0.506 e. The Morgan fingerprint density at radius 1 is 1.38 bits per heavy atom. The lowest BCUT2D eigenvalue weighted by molar-refractivity contribution is 0.0691. The molecule has 7 heteroatoms. The highest BCUT2D eigenvalue weighted by Gasteiger charge is 2.42. The van der Waals surface area contributed by atoms with Crippen LogP contribution in [0.1, 0.15) is 62.0 Å².